The van der Waals surface area contributed by atoms with Crippen molar-refractivity contribution < 1.29 is 18.3 Å². The first-order chi connectivity index (χ1) is 14.5. The van der Waals surface area contributed by atoms with Crippen LogP contribution in [0.2, 0.25) is 0 Å². The van der Waals surface area contributed by atoms with Crippen molar-refractivity contribution in [2.75, 3.05) is 19.5 Å². The summed E-state index contributed by atoms with van der Waals surface area (Å²) in [5.41, 5.74) is 1.91. The van der Waals surface area contributed by atoms with E-state index in [1.165, 1.54) is 19.5 Å². The molecule has 0 aliphatic rings. The molecule has 0 saturated heterocycles. The van der Waals surface area contributed by atoms with Gasteiger partial charge < -0.3 is 10.1 Å². The fourth-order valence-electron chi connectivity index (χ4n) is 3.13. The summed E-state index contributed by atoms with van der Waals surface area (Å²) in [5, 5.41) is 3.72. The van der Waals surface area contributed by atoms with Crippen molar-refractivity contribution in [1.29, 1.82) is 0 Å². The molecule has 0 fully saturated rings. The maximum atomic E-state index is 14.2. The lowest BCUT2D eigenvalue weighted by molar-refractivity contribution is 0.0600. The zero-order valence-electron chi connectivity index (χ0n) is 16.1. The molecule has 0 bridgehead atoms. The Morgan fingerprint density at radius 2 is 1.83 bits per heavy atom. The van der Waals surface area contributed by atoms with Crippen molar-refractivity contribution in [3.8, 4) is 22.5 Å². The van der Waals surface area contributed by atoms with E-state index in [1.807, 2.05) is 0 Å². The van der Waals surface area contributed by atoms with Crippen LogP contribution in [0.25, 0.3) is 33.4 Å². The van der Waals surface area contributed by atoms with E-state index in [1.54, 1.807) is 31.3 Å². The topological polar surface area (TPSA) is 77.0 Å². The van der Waals surface area contributed by atoms with Crippen molar-refractivity contribution in [3.05, 3.63) is 72.1 Å². The lowest BCUT2D eigenvalue weighted by Gasteiger charge is -2.11. The summed E-state index contributed by atoms with van der Waals surface area (Å²) in [6, 6.07) is 9.97. The summed E-state index contributed by atoms with van der Waals surface area (Å²) >= 11 is 0. The second kappa shape index (κ2) is 7.82. The minimum atomic E-state index is -0.533. The molecule has 4 rings (SSSR count). The number of carbonyl (C=O) groups is 1. The van der Waals surface area contributed by atoms with Gasteiger partial charge in [0.25, 0.3) is 0 Å². The number of nitrogens with one attached hydrogen (secondary N) is 1. The number of pyridine rings is 1. The largest absolute Gasteiger partial charge is 0.465 e. The van der Waals surface area contributed by atoms with Gasteiger partial charge in [0.15, 0.2) is 5.82 Å². The highest BCUT2D eigenvalue weighted by Gasteiger charge is 2.14. The molecule has 1 N–H and O–H groups in total. The molecule has 0 saturated carbocycles. The molecule has 30 heavy (non-hydrogen) atoms. The first-order valence-corrected chi connectivity index (χ1v) is 8.99. The number of rotatable bonds is 4. The van der Waals surface area contributed by atoms with Gasteiger partial charge in [-0.05, 0) is 42.0 Å². The van der Waals surface area contributed by atoms with Gasteiger partial charge in [-0.25, -0.2) is 23.5 Å². The molecule has 6 nitrogen and oxygen atoms in total. The molecule has 8 heteroatoms. The molecular formula is C22H16F2N4O2. The highest BCUT2D eigenvalue weighted by molar-refractivity contribution is 5.94. The third-order valence-electron chi connectivity index (χ3n) is 4.59. The zero-order chi connectivity index (χ0) is 21.3. The van der Waals surface area contributed by atoms with E-state index in [9.17, 15) is 13.6 Å². The maximum Gasteiger partial charge on any atom is 0.339 e. The standard InChI is InChI=1S/C22H16F2N4O2/c1-25-21-16-5-3-12(17-9-15(23)4-6-18(17)24)8-19(16)27-20(28-21)13-7-14(11-26-10-13)22(29)30-2/h3-11H,1-2H3,(H,25,27,28). The summed E-state index contributed by atoms with van der Waals surface area (Å²) in [7, 11) is 3.00. The number of esters is 1. The third-order valence-corrected chi connectivity index (χ3v) is 4.59. The van der Waals surface area contributed by atoms with E-state index in [-0.39, 0.29) is 11.1 Å². The Labute approximate surface area is 170 Å². The van der Waals surface area contributed by atoms with Gasteiger partial charge in [-0.1, -0.05) is 6.07 Å². The van der Waals surface area contributed by atoms with Crippen LogP contribution in [0.4, 0.5) is 14.6 Å². The number of carbonyl (C=O) groups excluding carboxylic acids is 1. The SMILES string of the molecule is CNc1nc(-c2cncc(C(=O)OC)c2)nc2cc(-c3cc(F)ccc3F)ccc12. The van der Waals surface area contributed by atoms with Crippen LogP contribution in [0.1, 0.15) is 10.4 Å². The van der Waals surface area contributed by atoms with E-state index < -0.39 is 17.6 Å². The van der Waals surface area contributed by atoms with E-state index in [0.717, 1.165) is 18.2 Å². The molecule has 0 aliphatic heterocycles. The number of ether oxygens (including phenoxy) is 1. The Balaban J connectivity index is 1.89. The quantitative estimate of drug-likeness (QED) is 0.504. The minimum absolute atomic E-state index is 0.137. The average Bonchev–Trinajstić information content (AvgIpc) is 2.79. The molecule has 2 aromatic carbocycles. The van der Waals surface area contributed by atoms with Crippen LogP contribution in [0.5, 0.6) is 0 Å². The van der Waals surface area contributed by atoms with Gasteiger partial charge in [0, 0.05) is 36.0 Å². The van der Waals surface area contributed by atoms with Crippen LogP contribution in [0, 0.1) is 11.6 Å². The molecule has 0 radical (unpaired) electrons. The van der Waals surface area contributed by atoms with Gasteiger partial charge in [0.2, 0.25) is 0 Å². The lowest BCUT2D eigenvalue weighted by atomic mass is 10.0. The number of aromatic nitrogens is 3. The molecule has 2 aromatic heterocycles. The lowest BCUT2D eigenvalue weighted by Crippen LogP contribution is -2.03. The Bertz CT molecular complexity index is 1280. The van der Waals surface area contributed by atoms with Gasteiger partial charge >= 0.3 is 5.97 Å². The summed E-state index contributed by atoms with van der Waals surface area (Å²) in [4.78, 5) is 24.9. The van der Waals surface area contributed by atoms with Crippen molar-refractivity contribution in [2.45, 2.75) is 0 Å². The van der Waals surface area contributed by atoms with E-state index in [4.69, 9.17) is 4.74 Å². The Hall–Kier alpha value is -3.94. The van der Waals surface area contributed by atoms with Crippen molar-refractivity contribution >= 4 is 22.7 Å². The fraction of sp³-hybridized carbons (Fsp3) is 0.0909. The Morgan fingerprint density at radius 3 is 2.60 bits per heavy atom. The first-order valence-electron chi connectivity index (χ1n) is 8.99. The predicted molar refractivity (Wildman–Crippen MR) is 109 cm³/mol. The monoisotopic (exact) mass is 406 g/mol. The van der Waals surface area contributed by atoms with Crippen molar-refractivity contribution in [3.63, 3.8) is 0 Å². The first kappa shape index (κ1) is 19.4. The van der Waals surface area contributed by atoms with Crippen LogP contribution >= 0.6 is 0 Å². The Morgan fingerprint density at radius 1 is 1.00 bits per heavy atom. The maximum absolute atomic E-state index is 14.2. The van der Waals surface area contributed by atoms with Crippen LogP contribution < -0.4 is 5.32 Å². The molecular weight excluding hydrogens is 390 g/mol. The van der Waals surface area contributed by atoms with Gasteiger partial charge in [0.1, 0.15) is 17.5 Å². The van der Waals surface area contributed by atoms with E-state index in [0.29, 0.717) is 33.7 Å². The zero-order valence-corrected chi connectivity index (χ0v) is 16.1. The van der Waals surface area contributed by atoms with Crippen LogP contribution in [-0.4, -0.2) is 35.1 Å². The highest BCUT2D eigenvalue weighted by Crippen LogP contribution is 2.30. The number of nitrogens with zero attached hydrogens (tertiary/aromatic N) is 3. The number of hydrogen-bond donors (Lipinski definition) is 1. The number of benzene rings is 2. The van der Waals surface area contributed by atoms with Gasteiger partial charge in [-0.2, -0.15) is 0 Å². The van der Waals surface area contributed by atoms with Crippen LogP contribution in [0.3, 0.4) is 0 Å². The van der Waals surface area contributed by atoms with Gasteiger partial charge in [-0.15, -0.1) is 0 Å². The fourth-order valence-corrected chi connectivity index (χ4v) is 3.13. The molecule has 0 unspecified atom stereocenters. The predicted octanol–water partition coefficient (Wildman–Crippen LogP) is 4.47. The third kappa shape index (κ3) is 3.55. The summed E-state index contributed by atoms with van der Waals surface area (Å²) in [5.74, 6) is -0.722. The molecule has 4 aromatic rings. The van der Waals surface area contributed by atoms with Crippen molar-refractivity contribution in [2.24, 2.45) is 0 Å². The van der Waals surface area contributed by atoms with E-state index in [2.05, 4.69) is 20.3 Å². The van der Waals surface area contributed by atoms with E-state index >= 15 is 0 Å². The molecule has 150 valence electrons. The number of methoxy groups -OCH3 is 1. The minimum Gasteiger partial charge on any atom is -0.465 e. The number of anilines is 1. The summed E-state index contributed by atoms with van der Waals surface area (Å²) in [6.07, 6.45) is 2.92. The van der Waals surface area contributed by atoms with Gasteiger partial charge in [0.05, 0.1) is 18.2 Å². The number of hydrogen-bond acceptors (Lipinski definition) is 6. The second-order valence-corrected chi connectivity index (χ2v) is 6.46. The number of fused-ring (bicyclic) bond motifs is 1. The summed E-state index contributed by atoms with van der Waals surface area (Å²) < 4.78 is 32.6. The molecule has 2 heterocycles. The van der Waals surface area contributed by atoms with Gasteiger partial charge in [-0.3, -0.25) is 4.98 Å². The summed E-state index contributed by atoms with van der Waals surface area (Å²) in [6.45, 7) is 0. The van der Waals surface area contributed by atoms with Crippen LogP contribution in [-0.2, 0) is 4.74 Å². The smallest absolute Gasteiger partial charge is 0.339 e. The molecule has 0 atom stereocenters. The van der Waals surface area contributed by atoms with Crippen molar-refractivity contribution in [1.82, 2.24) is 15.0 Å². The molecule has 0 amide bonds. The number of halogens is 2. The molecule has 0 aliphatic carbocycles. The molecule has 0 spiro atoms. The van der Waals surface area contributed by atoms with Crippen LogP contribution in [0.15, 0.2) is 54.9 Å². The second-order valence-electron chi connectivity index (χ2n) is 6.46. The average molecular weight is 406 g/mol. The normalized spacial score (nSPS) is 10.8. The highest BCUT2D eigenvalue weighted by atomic mass is 19.1. The Kier molecular flexibility index (Phi) is 5.05.